The Morgan fingerprint density at radius 3 is 2.57 bits per heavy atom. The van der Waals surface area contributed by atoms with Crippen molar-refractivity contribution in [1.29, 1.82) is 0 Å². The first-order valence-electron chi connectivity index (χ1n) is 8.25. The van der Waals surface area contributed by atoms with E-state index < -0.39 is 0 Å². The molecule has 1 atom stereocenters. The Morgan fingerprint density at radius 2 is 1.78 bits per heavy atom. The molecule has 3 aromatic rings. The second-order valence-electron chi connectivity index (χ2n) is 6.19. The van der Waals surface area contributed by atoms with Gasteiger partial charge in [0.05, 0.1) is 11.3 Å². The Morgan fingerprint density at radius 1 is 1.00 bits per heavy atom. The van der Waals surface area contributed by atoms with Crippen LogP contribution in [0.3, 0.4) is 0 Å². The number of hydrogen-bond donors (Lipinski definition) is 2. The molecule has 0 amide bonds. The highest BCUT2D eigenvalue weighted by Crippen LogP contribution is 2.33. The molecule has 116 valence electrons. The number of carbonyl (C=O) groups excluding carboxylic acids is 1. The summed E-state index contributed by atoms with van der Waals surface area (Å²) in [6, 6.07) is 18.2. The van der Waals surface area contributed by atoms with Crippen LogP contribution in [-0.2, 0) is 0 Å². The van der Waals surface area contributed by atoms with Gasteiger partial charge in [0.1, 0.15) is 0 Å². The largest absolute Gasteiger partial charge is 0.354 e. The fourth-order valence-electron chi connectivity index (χ4n) is 3.50. The number of ketones is 1. The monoisotopic (exact) mass is 304 g/mol. The number of aromatic amines is 1. The van der Waals surface area contributed by atoms with E-state index in [1.165, 1.54) is 0 Å². The minimum atomic E-state index is 0.0745. The lowest BCUT2D eigenvalue weighted by atomic mass is 9.88. The van der Waals surface area contributed by atoms with E-state index in [2.05, 4.69) is 22.4 Å². The van der Waals surface area contributed by atoms with Gasteiger partial charge in [-0.1, -0.05) is 48.5 Å². The maximum atomic E-state index is 13.2. The molecule has 1 aliphatic rings. The molecule has 0 saturated carbocycles. The molecule has 23 heavy (non-hydrogen) atoms. The molecule has 1 aliphatic heterocycles. The van der Waals surface area contributed by atoms with Gasteiger partial charge in [-0.05, 0) is 31.0 Å². The number of para-hydroxylation sites is 1. The number of aromatic nitrogens is 1. The quantitative estimate of drug-likeness (QED) is 0.718. The molecule has 2 heterocycles. The van der Waals surface area contributed by atoms with Gasteiger partial charge in [0.25, 0.3) is 0 Å². The van der Waals surface area contributed by atoms with Crippen LogP contribution in [0.4, 0.5) is 0 Å². The van der Waals surface area contributed by atoms with Gasteiger partial charge in [-0.25, -0.2) is 0 Å². The Hall–Kier alpha value is -2.39. The Labute approximate surface area is 135 Å². The van der Waals surface area contributed by atoms with Gasteiger partial charge in [0.15, 0.2) is 5.78 Å². The summed E-state index contributed by atoms with van der Waals surface area (Å²) >= 11 is 0. The number of carbonyl (C=O) groups is 1. The predicted molar refractivity (Wildman–Crippen MR) is 93.7 cm³/mol. The van der Waals surface area contributed by atoms with E-state index >= 15 is 0 Å². The summed E-state index contributed by atoms with van der Waals surface area (Å²) in [5, 5.41) is 4.38. The zero-order valence-corrected chi connectivity index (χ0v) is 13.0. The van der Waals surface area contributed by atoms with Crippen molar-refractivity contribution in [3.8, 4) is 11.3 Å². The Kier molecular flexibility index (Phi) is 3.72. The molecular formula is C20H20N2O. The van der Waals surface area contributed by atoms with E-state index in [0.29, 0.717) is 0 Å². The van der Waals surface area contributed by atoms with Gasteiger partial charge < -0.3 is 10.3 Å². The van der Waals surface area contributed by atoms with Crippen molar-refractivity contribution < 1.29 is 4.79 Å². The highest BCUT2D eigenvalue weighted by molar-refractivity contribution is 6.14. The average Bonchev–Trinajstić information content (AvgIpc) is 3.02. The van der Waals surface area contributed by atoms with Gasteiger partial charge in [-0.15, -0.1) is 0 Å². The number of H-pyrrole nitrogens is 1. The van der Waals surface area contributed by atoms with Crippen molar-refractivity contribution in [1.82, 2.24) is 10.3 Å². The SMILES string of the molecule is O=C(c1c(-c2ccccc2)[nH]c2ccccc12)C1CCCNC1. The molecule has 1 saturated heterocycles. The molecule has 0 radical (unpaired) electrons. The van der Waals surface area contributed by atoms with E-state index in [1.807, 2.05) is 42.5 Å². The summed E-state index contributed by atoms with van der Waals surface area (Å²) in [6.07, 6.45) is 2.04. The molecule has 3 heteroatoms. The fourth-order valence-corrected chi connectivity index (χ4v) is 3.50. The molecule has 0 spiro atoms. The van der Waals surface area contributed by atoms with Crippen molar-refractivity contribution in [3.63, 3.8) is 0 Å². The van der Waals surface area contributed by atoms with E-state index in [-0.39, 0.29) is 11.7 Å². The van der Waals surface area contributed by atoms with Gasteiger partial charge in [-0.3, -0.25) is 4.79 Å². The lowest BCUT2D eigenvalue weighted by molar-refractivity contribution is 0.0902. The molecule has 1 aromatic heterocycles. The molecular weight excluding hydrogens is 284 g/mol. The van der Waals surface area contributed by atoms with Gasteiger partial charge in [-0.2, -0.15) is 0 Å². The van der Waals surface area contributed by atoms with E-state index in [4.69, 9.17) is 0 Å². The molecule has 3 nitrogen and oxygen atoms in total. The number of rotatable bonds is 3. The van der Waals surface area contributed by atoms with E-state index in [0.717, 1.165) is 53.7 Å². The van der Waals surface area contributed by atoms with Crippen LogP contribution >= 0.6 is 0 Å². The number of hydrogen-bond acceptors (Lipinski definition) is 2. The molecule has 0 bridgehead atoms. The van der Waals surface area contributed by atoms with Crippen LogP contribution in [-0.4, -0.2) is 23.9 Å². The van der Waals surface area contributed by atoms with Gasteiger partial charge >= 0.3 is 0 Å². The lowest BCUT2D eigenvalue weighted by Gasteiger charge is -2.22. The number of Topliss-reactive ketones (excluding diaryl/α,β-unsaturated/α-hetero) is 1. The van der Waals surface area contributed by atoms with Crippen LogP contribution in [0.1, 0.15) is 23.2 Å². The molecule has 2 aromatic carbocycles. The highest BCUT2D eigenvalue weighted by Gasteiger charge is 2.27. The van der Waals surface area contributed by atoms with Crippen molar-refractivity contribution >= 4 is 16.7 Å². The number of nitrogens with one attached hydrogen (secondary N) is 2. The average molecular weight is 304 g/mol. The van der Waals surface area contributed by atoms with Crippen LogP contribution in [0.25, 0.3) is 22.2 Å². The smallest absolute Gasteiger partial charge is 0.170 e. The van der Waals surface area contributed by atoms with Crippen LogP contribution in [0.5, 0.6) is 0 Å². The second kappa shape index (κ2) is 6.01. The normalized spacial score (nSPS) is 18.2. The summed E-state index contributed by atoms with van der Waals surface area (Å²) in [4.78, 5) is 16.7. The van der Waals surface area contributed by atoms with Crippen LogP contribution in [0.15, 0.2) is 54.6 Å². The minimum Gasteiger partial charge on any atom is -0.354 e. The fraction of sp³-hybridized carbons (Fsp3) is 0.250. The zero-order valence-electron chi connectivity index (χ0n) is 13.0. The maximum Gasteiger partial charge on any atom is 0.170 e. The standard InChI is InChI=1S/C20H20N2O/c23-20(15-9-6-12-21-13-15)18-16-10-4-5-11-17(16)22-19(18)14-7-2-1-3-8-14/h1-5,7-8,10-11,15,21-22H,6,9,12-13H2. The van der Waals surface area contributed by atoms with Crippen LogP contribution in [0.2, 0.25) is 0 Å². The van der Waals surface area contributed by atoms with E-state index in [9.17, 15) is 4.79 Å². The first kappa shape index (κ1) is 14.2. The molecule has 1 fully saturated rings. The summed E-state index contributed by atoms with van der Waals surface area (Å²) in [5.74, 6) is 0.332. The maximum absolute atomic E-state index is 13.2. The zero-order chi connectivity index (χ0) is 15.6. The highest BCUT2D eigenvalue weighted by atomic mass is 16.1. The molecule has 1 unspecified atom stereocenters. The number of benzene rings is 2. The van der Waals surface area contributed by atoms with Gasteiger partial charge in [0.2, 0.25) is 0 Å². The van der Waals surface area contributed by atoms with Crippen molar-refractivity contribution in [2.24, 2.45) is 5.92 Å². The molecule has 4 rings (SSSR count). The Balaban J connectivity index is 1.87. The summed E-state index contributed by atoms with van der Waals surface area (Å²) < 4.78 is 0. The first-order chi connectivity index (χ1) is 11.3. The lowest BCUT2D eigenvalue weighted by Crippen LogP contribution is -2.34. The summed E-state index contributed by atoms with van der Waals surface area (Å²) in [7, 11) is 0. The summed E-state index contributed by atoms with van der Waals surface area (Å²) in [5.41, 5.74) is 3.89. The predicted octanol–water partition coefficient (Wildman–Crippen LogP) is 4.02. The number of piperidine rings is 1. The number of fused-ring (bicyclic) bond motifs is 1. The van der Waals surface area contributed by atoms with Gasteiger partial charge in [0, 0.05) is 23.4 Å². The van der Waals surface area contributed by atoms with E-state index in [1.54, 1.807) is 0 Å². The second-order valence-corrected chi connectivity index (χ2v) is 6.19. The Bertz CT molecular complexity index is 829. The topological polar surface area (TPSA) is 44.9 Å². The van der Waals surface area contributed by atoms with Crippen molar-refractivity contribution in [2.45, 2.75) is 12.8 Å². The molecule has 2 N–H and O–H groups in total. The third kappa shape index (κ3) is 2.57. The van der Waals surface area contributed by atoms with Crippen molar-refractivity contribution in [2.75, 3.05) is 13.1 Å². The third-order valence-corrected chi connectivity index (χ3v) is 4.68. The van der Waals surface area contributed by atoms with Crippen LogP contribution in [0, 0.1) is 5.92 Å². The first-order valence-corrected chi connectivity index (χ1v) is 8.25. The molecule has 0 aliphatic carbocycles. The summed E-state index contributed by atoms with van der Waals surface area (Å²) in [6.45, 7) is 1.80. The van der Waals surface area contributed by atoms with Crippen LogP contribution < -0.4 is 5.32 Å². The third-order valence-electron chi connectivity index (χ3n) is 4.68. The van der Waals surface area contributed by atoms with Crippen molar-refractivity contribution in [3.05, 3.63) is 60.2 Å². The minimum absolute atomic E-state index is 0.0745.